The molecule has 45 heavy (non-hydrogen) atoms. The number of carbonyl (C=O) groups is 2. The molecule has 0 saturated heterocycles. The topological polar surface area (TPSA) is 95.9 Å². The molecule has 4 aromatic carbocycles. The molecule has 4 rings (SSSR count). The Labute approximate surface area is 260 Å². The number of carboxylic acid groups (broad SMARTS) is 2. The summed E-state index contributed by atoms with van der Waals surface area (Å²) in [6.07, 6.45) is -1.37. The van der Waals surface area contributed by atoms with Gasteiger partial charge in [0.2, 0.25) is 0 Å². The van der Waals surface area contributed by atoms with E-state index in [4.69, 9.17) is 14.9 Å². The average Bonchev–Trinajstić information content (AvgIpc) is 3.03. The third-order valence-corrected chi connectivity index (χ3v) is 6.82. The molecule has 0 heterocycles. The Bertz CT molecular complexity index is 1450. The Morgan fingerprint density at radius 2 is 1.33 bits per heavy atom. The van der Waals surface area contributed by atoms with E-state index in [2.05, 4.69) is 60.8 Å². The van der Waals surface area contributed by atoms with Gasteiger partial charge in [0.15, 0.2) is 0 Å². The normalized spacial score (nSPS) is 11.9. The van der Waals surface area contributed by atoms with Crippen LogP contribution < -0.4 is 10.1 Å². The van der Waals surface area contributed by atoms with E-state index in [1.165, 1.54) is 22.8 Å². The molecular formula is C36H36F3NO5. The van der Waals surface area contributed by atoms with E-state index >= 15 is 0 Å². The third kappa shape index (κ3) is 12.7. The first-order chi connectivity index (χ1) is 21.5. The molecule has 0 radical (unpaired) electrons. The van der Waals surface area contributed by atoms with Crippen molar-refractivity contribution in [3.05, 3.63) is 149 Å². The highest BCUT2D eigenvalue weighted by atomic mass is 19.4. The van der Waals surface area contributed by atoms with Gasteiger partial charge in [0, 0.05) is 24.1 Å². The van der Waals surface area contributed by atoms with Crippen LogP contribution in [0, 0.1) is 0 Å². The fourth-order valence-electron chi connectivity index (χ4n) is 4.66. The first-order valence-electron chi connectivity index (χ1n) is 14.4. The maximum Gasteiger partial charge on any atom is 0.416 e. The summed E-state index contributed by atoms with van der Waals surface area (Å²) in [7, 11) is 0. The Morgan fingerprint density at radius 1 is 0.778 bits per heavy atom. The number of halogens is 3. The second kappa shape index (κ2) is 17.4. The lowest BCUT2D eigenvalue weighted by molar-refractivity contribution is -0.137. The van der Waals surface area contributed by atoms with Crippen LogP contribution in [0.1, 0.15) is 47.1 Å². The minimum Gasteiger partial charge on any atom is -0.489 e. The van der Waals surface area contributed by atoms with Crippen LogP contribution in [0.2, 0.25) is 0 Å². The van der Waals surface area contributed by atoms with E-state index in [1.54, 1.807) is 6.07 Å². The first kappa shape index (κ1) is 34.6. The molecule has 0 aliphatic carbocycles. The van der Waals surface area contributed by atoms with Crippen molar-refractivity contribution in [2.45, 2.75) is 44.5 Å². The van der Waals surface area contributed by atoms with E-state index in [9.17, 15) is 22.8 Å². The van der Waals surface area contributed by atoms with Crippen molar-refractivity contribution in [2.75, 3.05) is 6.54 Å². The van der Waals surface area contributed by atoms with E-state index in [-0.39, 0.29) is 6.61 Å². The second-order valence-corrected chi connectivity index (χ2v) is 10.4. The smallest absolute Gasteiger partial charge is 0.416 e. The van der Waals surface area contributed by atoms with E-state index in [0.29, 0.717) is 35.4 Å². The number of hydrogen-bond acceptors (Lipinski definition) is 4. The van der Waals surface area contributed by atoms with Gasteiger partial charge in [-0.3, -0.25) is 0 Å². The van der Waals surface area contributed by atoms with Crippen molar-refractivity contribution < 1.29 is 37.7 Å². The van der Waals surface area contributed by atoms with Gasteiger partial charge in [0.05, 0.1) is 5.56 Å². The van der Waals surface area contributed by atoms with E-state index < -0.39 is 23.7 Å². The van der Waals surface area contributed by atoms with Crippen LogP contribution in [-0.2, 0) is 28.8 Å². The molecule has 3 N–H and O–H groups in total. The summed E-state index contributed by atoms with van der Waals surface area (Å²) in [4.78, 5) is 19.1. The minimum absolute atomic E-state index is 0.0885. The van der Waals surface area contributed by atoms with Crippen LogP contribution in [0.3, 0.4) is 0 Å². The second-order valence-electron chi connectivity index (χ2n) is 10.4. The van der Waals surface area contributed by atoms with Crippen molar-refractivity contribution in [3.63, 3.8) is 0 Å². The lowest BCUT2D eigenvalue weighted by Gasteiger charge is -2.20. The molecular weight excluding hydrogens is 583 g/mol. The quantitative estimate of drug-likeness (QED) is 0.133. The van der Waals surface area contributed by atoms with Crippen molar-refractivity contribution in [2.24, 2.45) is 0 Å². The molecule has 0 spiro atoms. The van der Waals surface area contributed by atoms with Gasteiger partial charge in [-0.15, -0.1) is 0 Å². The lowest BCUT2D eigenvalue weighted by Crippen LogP contribution is -2.30. The highest BCUT2D eigenvalue weighted by molar-refractivity contribution is 5.89. The molecule has 0 aromatic heterocycles. The Kier molecular flexibility index (Phi) is 13.4. The first-order valence-corrected chi connectivity index (χ1v) is 14.4. The maximum absolute atomic E-state index is 12.9. The maximum atomic E-state index is 12.9. The zero-order valence-corrected chi connectivity index (χ0v) is 24.8. The number of benzene rings is 4. The average molecular weight is 620 g/mol. The number of ether oxygens (including phenoxy) is 1. The number of hydrogen-bond donors (Lipinski definition) is 3. The predicted octanol–water partition coefficient (Wildman–Crippen LogP) is 7.74. The molecule has 0 amide bonds. The van der Waals surface area contributed by atoms with Crippen LogP contribution in [0.4, 0.5) is 13.2 Å². The summed E-state index contributed by atoms with van der Waals surface area (Å²) in [6, 6.07) is 34.5. The standard InChI is InChI=1S/C32H32F3NO.C4H4O4/c1-24(36-20-19-31(27-10-4-2-5-11-27)28-12-6-3-7-13-28)21-25-15-17-30(18-16-25)37-23-26-9-8-14-29(22-26)32(33,34)35;5-3(6)1-2-4(7)8/h2-18,22,24,31,36H,19-21,23H2,1H3;1-2H,(H,5,6)(H,7,8)/b;2-1-. The number of nitrogens with one attached hydrogen (secondary N) is 1. The Hall–Kier alpha value is -4.89. The molecule has 1 unspecified atom stereocenters. The molecule has 0 aliphatic rings. The van der Waals surface area contributed by atoms with Gasteiger partial charge in [-0.1, -0.05) is 84.9 Å². The van der Waals surface area contributed by atoms with Crippen molar-refractivity contribution in [3.8, 4) is 5.75 Å². The molecule has 0 aliphatic heterocycles. The van der Waals surface area contributed by atoms with Crippen LogP contribution in [0.5, 0.6) is 5.75 Å². The summed E-state index contributed by atoms with van der Waals surface area (Å²) >= 11 is 0. The third-order valence-electron chi connectivity index (χ3n) is 6.82. The minimum atomic E-state index is -4.35. The number of rotatable bonds is 13. The highest BCUT2D eigenvalue weighted by Gasteiger charge is 2.30. The fourth-order valence-corrected chi connectivity index (χ4v) is 4.66. The number of alkyl halides is 3. The summed E-state index contributed by atoms with van der Waals surface area (Å²) in [5, 5.41) is 19.3. The van der Waals surface area contributed by atoms with Gasteiger partial charge in [-0.05, 0) is 72.8 Å². The van der Waals surface area contributed by atoms with Crippen LogP contribution in [0.15, 0.2) is 121 Å². The monoisotopic (exact) mass is 619 g/mol. The van der Waals surface area contributed by atoms with Gasteiger partial charge in [0.1, 0.15) is 12.4 Å². The van der Waals surface area contributed by atoms with Gasteiger partial charge in [-0.25, -0.2) is 9.59 Å². The highest BCUT2D eigenvalue weighted by Crippen LogP contribution is 2.30. The molecule has 236 valence electrons. The van der Waals surface area contributed by atoms with E-state index in [0.717, 1.165) is 31.5 Å². The molecule has 1 atom stereocenters. The molecule has 0 bridgehead atoms. The van der Waals surface area contributed by atoms with Gasteiger partial charge >= 0.3 is 18.1 Å². The Balaban J connectivity index is 0.000000610. The molecule has 9 heteroatoms. The Morgan fingerprint density at radius 3 is 1.84 bits per heavy atom. The molecule has 4 aromatic rings. The SMILES string of the molecule is CC(Cc1ccc(OCc2cccc(C(F)(F)F)c2)cc1)NCCC(c1ccccc1)c1ccccc1.O=C(O)/C=C\C(=O)O. The fraction of sp³-hybridized carbons (Fsp3) is 0.222. The molecule has 0 saturated carbocycles. The molecule has 6 nitrogen and oxygen atoms in total. The summed E-state index contributed by atoms with van der Waals surface area (Å²) in [6.45, 7) is 3.16. The van der Waals surface area contributed by atoms with Crippen LogP contribution >= 0.6 is 0 Å². The van der Waals surface area contributed by atoms with Crippen LogP contribution in [0.25, 0.3) is 0 Å². The molecule has 0 fully saturated rings. The number of aliphatic carboxylic acids is 2. The summed E-state index contributed by atoms with van der Waals surface area (Å²) in [5.74, 6) is -1.54. The van der Waals surface area contributed by atoms with Crippen LogP contribution in [-0.4, -0.2) is 34.7 Å². The summed E-state index contributed by atoms with van der Waals surface area (Å²) in [5.41, 5.74) is 3.65. The largest absolute Gasteiger partial charge is 0.489 e. The van der Waals surface area contributed by atoms with E-state index in [1.807, 2.05) is 36.4 Å². The predicted molar refractivity (Wildman–Crippen MR) is 167 cm³/mol. The summed E-state index contributed by atoms with van der Waals surface area (Å²) < 4.78 is 44.4. The zero-order valence-electron chi connectivity index (χ0n) is 24.8. The van der Waals surface area contributed by atoms with Crippen molar-refractivity contribution >= 4 is 11.9 Å². The number of carboxylic acids is 2. The van der Waals surface area contributed by atoms with Crippen molar-refractivity contribution in [1.82, 2.24) is 5.32 Å². The lowest BCUT2D eigenvalue weighted by atomic mass is 9.88. The van der Waals surface area contributed by atoms with Gasteiger partial charge in [0.25, 0.3) is 0 Å². The van der Waals surface area contributed by atoms with Gasteiger partial charge in [-0.2, -0.15) is 13.2 Å². The zero-order chi connectivity index (χ0) is 32.7. The van der Waals surface area contributed by atoms with Gasteiger partial charge < -0.3 is 20.3 Å². The van der Waals surface area contributed by atoms with Crippen molar-refractivity contribution in [1.29, 1.82) is 0 Å².